The van der Waals surface area contributed by atoms with Gasteiger partial charge < -0.3 is 4.90 Å². The van der Waals surface area contributed by atoms with Crippen LogP contribution in [0.4, 0.5) is 5.69 Å². The number of carbonyl (C=O) groups is 2. The third kappa shape index (κ3) is 3.18. The number of hydrazone groups is 1. The van der Waals surface area contributed by atoms with E-state index in [0.29, 0.717) is 12.1 Å². The van der Waals surface area contributed by atoms with Gasteiger partial charge in [-0.3, -0.25) is 9.59 Å². The second-order valence-corrected chi connectivity index (χ2v) is 7.80. The molecule has 0 fully saturated rings. The van der Waals surface area contributed by atoms with Crippen LogP contribution in [0.25, 0.3) is 10.8 Å². The van der Waals surface area contributed by atoms with Crippen molar-refractivity contribution in [2.45, 2.75) is 26.3 Å². The lowest BCUT2D eigenvalue weighted by molar-refractivity contribution is 0.0953. The van der Waals surface area contributed by atoms with E-state index < -0.39 is 0 Å². The van der Waals surface area contributed by atoms with Crippen LogP contribution in [-0.4, -0.2) is 17.5 Å². The number of hydrogen-bond donors (Lipinski definition) is 1. The highest BCUT2D eigenvalue weighted by molar-refractivity contribution is 6.24. The van der Waals surface area contributed by atoms with Gasteiger partial charge in [-0.1, -0.05) is 42.0 Å². The molecule has 1 N–H and O–H groups in total. The number of anilines is 1. The first kappa shape index (κ1) is 18.3. The van der Waals surface area contributed by atoms with E-state index in [1.165, 1.54) is 5.57 Å². The van der Waals surface area contributed by atoms with Crippen LogP contribution in [0.5, 0.6) is 0 Å². The first-order valence-electron chi connectivity index (χ1n) is 10.1. The average Bonchev–Trinajstić information content (AvgIpc) is 3.30. The zero-order valence-electron chi connectivity index (χ0n) is 16.7. The number of amides is 2. The summed E-state index contributed by atoms with van der Waals surface area (Å²) in [6.07, 6.45) is 3.87. The second kappa shape index (κ2) is 7.26. The van der Waals surface area contributed by atoms with Gasteiger partial charge in [0.1, 0.15) is 0 Å². The summed E-state index contributed by atoms with van der Waals surface area (Å²) in [6.45, 7) is 2.52. The Morgan fingerprint density at radius 3 is 2.53 bits per heavy atom. The van der Waals surface area contributed by atoms with Crippen LogP contribution in [0.3, 0.4) is 0 Å². The highest BCUT2D eigenvalue weighted by Gasteiger charge is 2.29. The lowest BCUT2D eigenvalue weighted by Gasteiger charge is -2.18. The van der Waals surface area contributed by atoms with Gasteiger partial charge in [-0.05, 0) is 61.1 Å². The van der Waals surface area contributed by atoms with Crippen molar-refractivity contribution in [3.8, 4) is 0 Å². The molecule has 1 aliphatic carbocycles. The molecule has 3 aromatic carbocycles. The maximum Gasteiger partial charge on any atom is 0.271 e. The van der Waals surface area contributed by atoms with Gasteiger partial charge in [0.25, 0.3) is 11.8 Å². The fourth-order valence-electron chi connectivity index (χ4n) is 4.11. The summed E-state index contributed by atoms with van der Waals surface area (Å²) in [5.74, 6) is -0.221. The molecule has 0 spiro atoms. The lowest BCUT2D eigenvalue weighted by atomic mass is 10.1. The normalized spacial score (nSPS) is 16.4. The summed E-state index contributed by atoms with van der Waals surface area (Å²) in [6, 6.07) is 19.1. The fraction of sp³-hybridized carbons (Fsp3) is 0.160. The van der Waals surface area contributed by atoms with Gasteiger partial charge in [-0.25, -0.2) is 5.43 Å². The van der Waals surface area contributed by atoms with Crippen LogP contribution >= 0.6 is 0 Å². The fourth-order valence-corrected chi connectivity index (χ4v) is 4.11. The Balaban J connectivity index is 1.32. The molecule has 0 atom stereocenters. The van der Waals surface area contributed by atoms with E-state index in [9.17, 15) is 9.59 Å². The molecule has 148 valence electrons. The van der Waals surface area contributed by atoms with Gasteiger partial charge in [0.15, 0.2) is 0 Å². The van der Waals surface area contributed by atoms with Crippen molar-refractivity contribution in [3.05, 3.63) is 89.0 Å². The number of hydrogen-bond acceptors (Lipinski definition) is 3. The molecule has 30 heavy (non-hydrogen) atoms. The Morgan fingerprint density at radius 2 is 1.80 bits per heavy atom. The van der Waals surface area contributed by atoms with E-state index in [1.807, 2.05) is 54.6 Å². The molecular weight excluding hydrogens is 374 g/mol. The molecule has 1 aliphatic heterocycles. The van der Waals surface area contributed by atoms with E-state index >= 15 is 0 Å². The predicted octanol–water partition coefficient (Wildman–Crippen LogP) is 4.83. The van der Waals surface area contributed by atoms with E-state index in [2.05, 4.69) is 17.5 Å². The summed E-state index contributed by atoms with van der Waals surface area (Å²) in [5, 5.41) is 6.28. The van der Waals surface area contributed by atoms with Gasteiger partial charge in [-0.2, -0.15) is 5.10 Å². The lowest BCUT2D eigenvalue weighted by Crippen LogP contribution is -2.26. The summed E-state index contributed by atoms with van der Waals surface area (Å²) in [4.78, 5) is 27.1. The van der Waals surface area contributed by atoms with Crippen molar-refractivity contribution in [1.29, 1.82) is 0 Å². The Hall–Kier alpha value is -3.73. The Kier molecular flexibility index (Phi) is 4.43. The maximum absolute atomic E-state index is 12.9. The number of nitrogens with one attached hydrogen (secondary N) is 1. The quantitative estimate of drug-likeness (QED) is 0.644. The number of nitrogens with zero attached hydrogens (tertiary/aromatic N) is 2. The molecule has 5 rings (SSSR count). The standard InChI is InChI=1S/C25H21N3O2/c1-16-8-13-20(14-16)26-27-24(29)19-11-9-17(10-12-19)15-28-22-7-3-5-18-4-2-6-21(23(18)22)25(28)30/h2-7,9-12,14H,8,13,15H2,1H3,(H,27,29). The molecule has 5 nitrogen and oxygen atoms in total. The minimum atomic E-state index is -0.235. The zero-order chi connectivity index (χ0) is 20.7. The van der Waals surface area contributed by atoms with E-state index in [1.54, 1.807) is 17.0 Å². The van der Waals surface area contributed by atoms with Gasteiger partial charge >= 0.3 is 0 Å². The largest absolute Gasteiger partial charge is 0.303 e. The molecular formula is C25H21N3O2. The molecule has 3 aromatic rings. The highest BCUT2D eigenvalue weighted by Crippen LogP contribution is 2.37. The molecule has 1 heterocycles. The average molecular weight is 395 g/mol. The van der Waals surface area contributed by atoms with Crippen molar-refractivity contribution in [1.82, 2.24) is 5.43 Å². The van der Waals surface area contributed by atoms with Gasteiger partial charge in [0.2, 0.25) is 0 Å². The molecule has 0 saturated heterocycles. The van der Waals surface area contributed by atoms with Crippen LogP contribution < -0.4 is 10.3 Å². The number of carbonyl (C=O) groups excluding carboxylic acids is 2. The number of rotatable bonds is 4. The summed E-state index contributed by atoms with van der Waals surface area (Å²) >= 11 is 0. The van der Waals surface area contributed by atoms with Crippen molar-refractivity contribution in [2.75, 3.05) is 4.90 Å². The minimum absolute atomic E-state index is 0.0133. The number of benzene rings is 3. The van der Waals surface area contributed by atoms with Crippen LogP contribution in [0, 0.1) is 0 Å². The Labute approximate surface area is 174 Å². The van der Waals surface area contributed by atoms with E-state index in [-0.39, 0.29) is 11.8 Å². The first-order chi connectivity index (χ1) is 14.6. The topological polar surface area (TPSA) is 61.8 Å². The Morgan fingerprint density at radius 1 is 1.03 bits per heavy atom. The third-order valence-electron chi connectivity index (χ3n) is 5.70. The van der Waals surface area contributed by atoms with Crippen LogP contribution in [-0.2, 0) is 6.54 Å². The monoisotopic (exact) mass is 395 g/mol. The third-order valence-corrected chi connectivity index (χ3v) is 5.70. The van der Waals surface area contributed by atoms with Crippen molar-refractivity contribution in [3.63, 3.8) is 0 Å². The van der Waals surface area contributed by atoms with E-state index in [4.69, 9.17) is 0 Å². The van der Waals surface area contributed by atoms with Crippen LogP contribution in [0.1, 0.15) is 46.0 Å². The summed E-state index contributed by atoms with van der Waals surface area (Å²) in [7, 11) is 0. The van der Waals surface area contributed by atoms with Crippen LogP contribution in [0.2, 0.25) is 0 Å². The highest BCUT2D eigenvalue weighted by atomic mass is 16.2. The van der Waals surface area contributed by atoms with Crippen molar-refractivity contribution >= 4 is 34.0 Å². The molecule has 0 bridgehead atoms. The van der Waals surface area contributed by atoms with Crippen LogP contribution in [0.15, 0.2) is 77.4 Å². The second-order valence-electron chi connectivity index (χ2n) is 7.80. The predicted molar refractivity (Wildman–Crippen MR) is 119 cm³/mol. The van der Waals surface area contributed by atoms with Gasteiger partial charge in [0.05, 0.1) is 17.9 Å². The van der Waals surface area contributed by atoms with Crippen molar-refractivity contribution in [2.24, 2.45) is 5.10 Å². The maximum atomic E-state index is 12.9. The van der Waals surface area contributed by atoms with Gasteiger partial charge in [0, 0.05) is 16.5 Å². The van der Waals surface area contributed by atoms with E-state index in [0.717, 1.165) is 46.1 Å². The summed E-state index contributed by atoms with van der Waals surface area (Å²) in [5.41, 5.74) is 7.99. The number of allylic oxidation sites excluding steroid dienone is 2. The molecule has 5 heteroatoms. The first-order valence-corrected chi connectivity index (χ1v) is 10.1. The molecule has 0 unspecified atom stereocenters. The van der Waals surface area contributed by atoms with Gasteiger partial charge in [-0.15, -0.1) is 0 Å². The summed E-state index contributed by atoms with van der Waals surface area (Å²) < 4.78 is 0. The molecule has 0 saturated carbocycles. The Bertz CT molecular complexity index is 1230. The molecule has 0 radical (unpaired) electrons. The van der Waals surface area contributed by atoms with Crippen molar-refractivity contribution < 1.29 is 9.59 Å². The molecule has 2 aliphatic rings. The smallest absolute Gasteiger partial charge is 0.271 e. The SMILES string of the molecule is CC1=CC(=NNC(=O)c2ccc(CN3C(=O)c4cccc5cccc3c45)cc2)CC1. The minimum Gasteiger partial charge on any atom is -0.303 e. The molecule has 2 amide bonds. The molecule has 0 aromatic heterocycles. The zero-order valence-corrected chi connectivity index (χ0v) is 16.7.